The van der Waals surface area contributed by atoms with Crippen molar-refractivity contribution in [1.82, 2.24) is 10.0 Å². The number of carbonyl (C=O) groups excluding carboxylic acids is 1. The first-order valence-electron chi connectivity index (χ1n) is 7.96. The summed E-state index contributed by atoms with van der Waals surface area (Å²) in [5.74, 6) is 0.448. The maximum absolute atomic E-state index is 12.5. The largest absolute Gasteiger partial charge is 0.273 e. The zero-order valence-corrected chi connectivity index (χ0v) is 15.2. The first-order valence-corrected chi connectivity index (χ1v) is 7.96. The van der Waals surface area contributed by atoms with E-state index in [4.69, 9.17) is 0 Å². The zero-order valence-electron chi connectivity index (χ0n) is 15.2. The molecule has 1 aliphatic heterocycles. The van der Waals surface area contributed by atoms with Crippen molar-refractivity contribution >= 4 is 11.6 Å². The Bertz CT molecular complexity index is 627. The fraction of sp³-hybridized carbons (Fsp3) is 0.526. The first-order chi connectivity index (χ1) is 10.2. The van der Waals surface area contributed by atoms with Gasteiger partial charge in [-0.25, -0.2) is 10.0 Å². The lowest BCUT2D eigenvalue weighted by Gasteiger charge is -2.37. The van der Waals surface area contributed by atoms with Crippen molar-refractivity contribution in [1.29, 1.82) is 0 Å². The van der Waals surface area contributed by atoms with Gasteiger partial charge in [-0.3, -0.25) is 4.79 Å². The van der Waals surface area contributed by atoms with Crippen molar-refractivity contribution in [2.45, 2.75) is 48.0 Å². The van der Waals surface area contributed by atoms with Crippen molar-refractivity contribution in [3.63, 3.8) is 0 Å². The predicted molar refractivity (Wildman–Crippen MR) is 92.4 cm³/mol. The number of hydrazine groups is 1. The number of allylic oxidation sites excluding steroid dienone is 1. The monoisotopic (exact) mass is 300 g/mol. The molecule has 0 bridgehead atoms. The normalized spacial score (nSPS) is 19.0. The fourth-order valence-corrected chi connectivity index (χ4v) is 3.41. The van der Waals surface area contributed by atoms with Crippen molar-refractivity contribution < 1.29 is 4.79 Å². The third kappa shape index (κ3) is 2.58. The molecular weight excluding hydrogens is 272 g/mol. The van der Waals surface area contributed by atoms with Crippen molar-refractivity contribution in [2.75, 3.05) is 14.1 Å². The van der Waals surface area contributed by atoms with Gasteiger partial charge in [0, 0.05) is 26.1 Å². The average Bonchev–Trinajstić information content (AvgIpc) is 2.42. The van der Waals surface area contributed by atoms with Gasteiger partial charge >= 0.3 is 0 Å². The van der Waals surface area contributed by atoms with Crippen LogP contribution in [-0.4, -0.2) is 30.0 Å². The third-order valence-electron chi connectivity index (χ3n) is 5.06. The van der Waals surface area contributed by atoms with E-state index in [1.165, 1.54) is 33.4 Å². The van der Waals surface area contributed by atoms with Gasteiger partial charge in [0.05, 0.1) is 5.70 Å². The van der Waals surface area contributed by atoms with Crippen LogP contribution in [0.1, 0.15) is 46.7 Å². The number of carbonyl (C=O) groups is 1. The Morgan fingerprint density at radius 3 is 1.86 bits per heavy atom. The summed E-state index contributed by atoms with van der Waals surface area (Å²) in [6, 6.07) is 0. The summed E-state index contributed by atoms with van der Waals surface area (Å²) >= 11 is 0. The van der Waals surface area contributed by atoms with Gasteiger partial charge in [-0.2, -0.15) is 0 Å². The molecule has 120 valence electrons. The number of benzene rings is 1. The topological polar surface area (TPSA) is 23.6 Å². The van der Waals surface area contributed by atoms with Crippen molar-refractivity contribution in [2.24, 2.45) is 5.92 Å². The van der Waals surface area contributed by atoms with Crippen LogP contribution in [0.3, 0.4) is 0 Å². The van der Waals surface area contributed by atoms with Crippen molar-refractivity contribution in [3.8, 4) is 0 Å². The molecule has 0 fully saturated rings. The molecule has 0 radical (unpaired) electrons. The molecule has 1 aromatic rings. The zero-order chi connectivity index (χ0) is 16.8. The summed E-state index contributed by atoms with van der Waals surface area (Å²) in [4.78, 5) is 12.5. The molecule has 0 saturated carbocycles. The summed E-state index contributed by atoms with van der Waals surface area (Å²) in [6.45, 7) is 13.0. The average molecular weight is 300 g/mol. The summed E-state index contributed by atoms with van der Waals surface area (Å²) in [6.07, 6.45) is 2.81. The van der Waals surface area contributed by atoms with Gasteiger partial charge in [-0.15, -0.1) is 0 Å². The lowest BCUT2D eigenvalue weighted by atomic mass is 9.86. The van der Waals surface area contributed by atoms with Gasteiger partial charge in [0.1, 0.15) is 0 Å². The molecule has 1 heterocycles. The Labute approximate surface area is 134 Å². The van der Waals surface area contributed by atoms with Crippen molar-refractivity contribution in [3.05, 3.63) is 39.5 Å². The van der Waals surface area contributed by atoms with Gasteiger partial charge in [0.25, 0.3) is 0 Å². The summed E-state index contributed by atoms with van der Waals surface area (Å²) in [7, 11) is 3.86. The third-order valence-corrected chi connectivity index (χ3v) is 5.06. The summed E-state index contributed by atoms with van der Waals surface area (Å²) < 4.78 is 0. The van der Waals surface area contributed by atoms with E-state index in [1.807, 2.05) is 24.1 Å². The molecule has 1 atom stereocenters. The van der Waals surface area contributed by atoms with E-state index in [9.17, 15) is 4.79 Å². The first kappa shape index (κ1) is 16.8. The number of hydrogen-bond donors (Lipinski definition) is 0. The van der Waals surface area contributed by atoms with Crippen LogP contribution in [0.2, 0.25) is 0 Å². The molecule has 22 heavy (non-hydrogen) atoms. The second-order valence-corrected chi connectivity index (χ2v) is 6.79. The van der Waals surface area contributed by atoms with Crippen LogP contribution >= 0.6 is 0 Å². The van der Waals surface area contributed by atoms with Crippen LogP contribution in [0.5, 0.6) is 0 Å². The molecule has 0 spiro atoms. The van der Waals surface area contributed by atoms with Crippen LogP contribution in [0, 0.1) is 40.5 Å². The Morgan fingerprint density at radius 2 is 1.41 bits per heavy atom. The summed E-state index contributed by atoms with van der Waals surface area (Å²) in [5.41, 5.74) is 8.81. The highest BCUT2D eigenvalue weighted by atomic mass is 16.2. The van der Waals surface area contributed by atoms with Gasteiger partial charge in [0.15, 0.2) is 0 Å². The molecule has 0 aromatic heterocycles. The molecule has 0 saturated heterocycles. The van der Waals surface area contributed by atoms with Crippen LogP contribution in [-0.2, 0) is 4.79 Å². The van der Waals surface area contributed by atoms with E-state index in [2.05, 4.69) is 47.6 Å². The highest BCUT2D eigenvalue weighted by Crippen LogP contribution is 2.36. The molecule has 1 amide bonds. The lowest BCUT2D eigenvalue weighted by molar-refractivity contribution is -0.139. The molecule has 1 unspecified atom stereocenters. The van der Waals surface area contributed by atoms with Gasteiger partial charge < -0.3 is 0 Å². The van der Waals surface area contributed by atoms with E-state index in [1.54, 1.807) is 0 Å². The number of rotatable bonds is 2. The smallest absolute Gasteiger partial charge is 0.242 e. The molecular formula is C19H28N2O. The lowest BCUT2D eigenvalue weighted by Crippen LogP contribution is -2.43. The predicted octanol–water partition coefficient (Wildman–Crippen LogP) is 3.91. The second kappa shape index (κ2) is 5.88. The van der Waals surface area contributed by atoms with E-state index in [0.29, 0.717) is 6.42 Å². The molecule has 0 N–H and O–H groups in total. The SMILES string of the molecule is Cc1c(C)c(C)c(C2=CC(C)CC(=O)N2N(C)C)c(C)c1C. The Kier molecular flexibility index (Phi) is 4.48. The fourth-order valence-electron chi connectivity index (χ4n) is 3.41. The van der Waals surface area contributed by atoms with Gasteiger partial charge in [0.2, 0.25) is 5.91 Å². The van der Waals surface area contributed by atoms with E-state index < -0.39 is 0 Å². The van der Waals surface area contributed by atoms with E-state index in [-0.39, 0.29) is 11.8 Å². The van der Waals surface area contributed by atoms with Crippen LogP contribution in [0.15, 0.2) is 6.08 Å². The van der Waals surface area contributed by atoms with Gasteiger partial charge in [-0.05, 0) is 68.4 Å². The Hall–Kier alpha value is -1.61. The molecule has 1 aromatic carbocycles. The quantitative estimate of drug-likeness (QED) is 0.826. The minimum Gasteiger partial charge on any atom is -0.273 e. The number of nitrogens with zero attached hydrogens (tertiary/aromatic N) is 2. The number of hydrogen-bond acceptors (Lipinski definition) is 2. The maximum atomic E-state index is 12.5. The highest BCUT2D eigenvalue weighted by molar-refractivity contribution is 5.90. The minimum absolute atomic E-state index is 0.171. The molecule has 0 aliphatic carbocycles. The number of amides is 1. The summed E-state index contributed by atoms with van der Waals surface area (Å²) in [5, 5.41) is 3.72. The molecule has 3 heteroatoms. The van der Waals surface area contributed by atoms with E-state index in [0.717, 1.165) is 5.70 Å². The standard InChI is InChI=1S/C19H28N2O/c1-11-9-17(21(20(7)8)18(22)10-11)19-15(5)13(3)12(2)14(4)16(19)6/h9,11H,10H2,1-8H3. The van der Waals surface area contributed by atoms with E-state index >= 15 is 0 Å². The molecule has 2 rings (SSSR count). The maximum Gasteiger partial charge on any atom is 0.242 e. The van der Waals surface area contributed by atoms with Crippen LogP contribution in [0.25, 0.3) is 5.70 Å². The minimum atomic E-state index is 0.171. The van der Waals surface area contributed by atoms with Crippen LogP contribution in [0.4, 0.5) is 0 Å². The molecule has 3 nitrogen and oxygen atoms in total. The van der Waals surface area contributed by atoms with Crippen LogP contribution < -0.4 is 0 Å². The van der Waals surface area contributed by atoms with Gasteiger partial charge in [-0.1, -0.05) is 13.0 Å². The Balaban J connectivity index is 2.76. The Morgan fingerprint density at radius 1 is 0.955 bits per heavy atom. The molecule has 1 aliphatic rings. The highest BCUT2D eigenvalue weighted by Gasteiger charge is 2.30. The second-order valence-electron chi connectivity index (χ2n) is 6.79.